The minimum atomic E-state index is -0.219. The number of piperidine rings is 1. The summed E-state index contributed by atoms with van der Waals surface area (Å²) in [5.41, 5.74) is 2.63. The van der Waals surface area contributed by atoms with Gasteiger partial charge in [-0.15, -0.1) is 0 Å². The van der Waals surface area contributed by atoms with Crippen molar-refractivity contribution in [1.82, 2.24) is 4.90 Å². The van der Waals surface area contributed by atoms with Gasteiger partial charge in [0.1, 0.15) is 0 Å². The molecule has 1 amide bonds. The van der Waals surface area contributed by atoms with E-state index in [1.54, 1.807) is 4.90 Å². The van der Waals surface area contributed by atoms with Gasteiger partial charge in [-0.25, -0.2) is 4.79 Å². The Morgan fingerprint density at radius 3 is 2.47 bits per heavy atom. The summed E-state index contributed by atoms with van der Waals surface area (Å²) in [4.78, 5) is 13.1. The van der Waals surface area contributed by atoms with Gasteiger partial charge in [0.25, 0.3) is 0 Å². The van der Waals surface area contributed by atoms with Crippen molar-refractivity contribution in [1.29, 1.82) is 0 Å². The topological polar surface area (TPSA) is 29.5 Å². The molecule has 0 spiro atoms. The summed E-state index contributed by atoms with van der Waals surface area (Å²) in [5, 5.41) is 0. The van der Waals surface area contributed by atoms with Crippen molar-refractivity contribution in [3.63, 3.8) is 0 Å². The molecule has 1 aliphatic heterocycles. The fourth-order valence-corrected chi connectivity index (χ4v) is 2.03. The minimum absolute atomic E-state index is 0.219. The molecule has 1 aliphatic rings. The summed E-state index contributed by atoms with van der Waals surface area (Å²) in [5.74, 6) is 0. The highest BCUT2D eigenvalue weighted by Gasteiger charge is 2.18. The van der Waals surface area contributed by atoms with E-state index in [1.165, 1.54) is 18.2 Å². The van der Waals surface area contributed by atoms with Crippen molar-refractivity contribution < 1.29 is 9.53 Å². The molecule has 0 N–H and O–H groups in total. The molecule has 3 nitrogen and oxygen atoms in total. The second-order valence-electron chi connectivity index (χ2n) is 4.17. The van der Waals surface area contributed by atoms with Gasteiger partial charge in [-0.05, 0) is 18.4 Å². The Morgan fingerprint density at radius 2 is 1.88 bits per heavy atom. The lowest BCUT2D eigenvalue weighted by Crippen LogP contribution is -2.36. The van der Waals surface area contributed by atoms with E-state index in [9.17, 15) is 4.79 Å². The third-order valence-electron chi connectivity index (χ3n) is 3.01. The maximum Gasteiger partial charge on any atom is 0.409 e. The first-order chi connectivity index (χ1) is 8.29. The van der Waals surface area contributed by atoms with E-state index in [2.05, 4.69) is 18.2 Å². The predicted molar refractivity (Wildman–Crippen MR) is 67.6 cm³/mol. The van der Waals surface area contributed by atoms with Gasteiger partial charge in [0, 0.05) is 13.1 Å². The van der Waals surface area contributed by atoms with Crippen LogP contribution in [0.5, 0.6) is 0 Å². The van der Waals surface area contributed by atoms with Crippen LogP contribution in [0, 0.1) is 0 Å². The van der Waals surface area contributed by atoms with Crippen molar-refractivity contribution in [2.45, 2.75) is 12.8 Å². The van der Waals surface area contributed by atoms with E-state index in [4.69, 9.17) is 4.74 Å². The Morgan fingerprint density at radius 1 is 1.24 bits per heavy atom. The molecule has 3 heteroatoms. The number of nitrogens with zero attached hydrogens (tertiary/aromatic N) is 1. The highest BCUT2D eigenvalue weighted by molar-refractivity contribution is 5.68. The second-order valence-corrected chi connectivity index (χ2v) is 4.17. The molecule has 0 bridgehead atoms. The molecule has 1 fully saturated rings. The van der Waals surface area contributed by atoms with E-state index >= 15 is 0 Å². The number of rotatable bonds is 1. The molecule has 0 radical (unpaired) electrons. The summed E-state index contributed by atoms with van der Waals surface area (Å²) in [7, 11) is 1.43. The zero-order valence-electron chi connectivity index (χ0n) is 10.1. The van der Waals surface area contributed by atoms with Crippen molar-refractivity contribution in [3.05, 3.63) is 41.5 Å². The summed E-state index contributed by atoms with van der Waals surface area (Å²) in [6.07, 6.45) is 3.87. The third kappa shape index (κ3) is 3.09. The molecule has 1 aromatic rings. The Labute approximate surface area is 102 Å². The summed E-state index contributed by atoms with van der Waals surface area (Å²) < 4.78 is 4.71. The van der Waals surface area contributed by atoms with Crippen molar-refractivity contribution in [3.8, 4) is 0 Å². The number of hydrogen-bond acceptors (Lipinski definition) is 2. The first-order valence-electron chi connectivity index (χ1n) is 5.87. The molecule has 1 aromatic carbocycles. The first kappa shape index (κ1) is 11.7. The molecule has 90 valence electrons. The normalized spacial score (nSPS) is 15.6. The number of benzene rings is 1. The maximum atomic E-state index is 11.3. The van der Waals surface area contributed by atoms with E-state index in [0.29, 0.717) is 0 Å². The average Bonchev–Trinajstić information content (AvgIpc) is 2.40. The molecular formula is C14H17NO2. The van der Waals surface area contributed by atoms with Gasteiger partial charge < -0.3 is 9.64 Å². The fraction of sp³-hybridized carbons (Fsp3) is 0.357. The number of amides is 1. The van der Waals surface area contributed by atoms with Crippen LogP contribution in [-0.2, 0) is 4.74 Å². The standard InChI is InChI=1S/C14H17NO2/c1-17-14(16)15-9-7-13(8-10-15)11-12-5-3-2-4-6-12/h2-6,11H,7-10H2,1H3. The van der Waals surface area contributed by atoms with Crippen LogP contribution in [0.4, 0.5) is 4.79 Å². The molecule has 2 rings (SSSR count). The van der Waals surface area contributed by atoms with Crippen molar-refractivity contribution in [2.75, 3.05) is 20.2 Å². The minimum Gasteiger partial charge on any atom is -0.453 e. The fourth-order valence-electron chi connectivity index (χ4n) is 2.03. The SMILES string of the molecule is COC(=O)N1CCC(=Cc2ccccc2)CC1. The van der Waals surface area contributed by atoms with Crippen LogP contribution in [0.3, 0.4) is 0 Å². The lowest BCUT2D eigenvalue weighted by Gasteiger charge is -2.27. The number of methoxy groups -OCH3 is 1. The summed E-state index contributed by atoms with van der Waals surface area (Å²) in [6.45, 7) is 1.51. The predicted octanol–water partition coefficient (Wildman–Crippen LogP) is 2.93. The molecule has 0 saturated carbocycles. The van der Waals surface area contributed by atoms with E-state index in [0.717, 1.165) is 25.9 Å². The molecule has 17 heavy (non-hydrogen) atoms. The van der Waals surface area contributed by atoms with Gasteiger partial charge in [-0.3, -0.25) is 0 Å². The lowest BCUT2D eigenvalue weighted by molar-refractivity contribution is 0.120. The van der Waals surface area contributed by atoms with Crippen LogP contribution < -0.4 is 0 Å². The number of carbonyl (C=O) groups excluding carboxylic acids is 1. The number of ether oxygens (including phenoxy) is 1. The van der Waals surface area contributed by atoms with Crippen molar-refractivity contribution in [2.24, 2.45) is 0 Å². The largest absolute Gasteiger partial charge is 0.453 e. The van der Waals surface area contributed by atoms with Gasteiger partial charge >= 0.3 is 6.09 Å². The van der Waals surface area contributed by atoms with Gasteiger partial charge in [0.15, 0.2) is 0 Å². The smallest absolute Gasteiger partial charge is 0.409 e. The molecule has 0 aliphatic carbocycles. The highest BCUT2D eigenvalue weighted by Crippen LogP contribution is 2.19. The van der Waals surface area contributed by atoms with Gasteiger partial charge in [-0.2, -0.15) is 0 Å². The first-order valence-corrected chi connectivity index (χ1v) is 5.87. The average molecular weight is 231 g/mol. The molecule has 0 aromatic heterocycles. The van der Waals surface area contributed by atoms with Gasteiger partial charge in [0.05, 0.1) is 7.11 Å². The molecule has 0 atom stereocenters. The summed E-state index contributed by atoms with van der Waals surface area (Å²) in [6, 6.07) is 10.3. The van der Waals surface area contributed by atoms with Gasteiger partial charge in [0.2, 0.25) is 0 Å². The van der Waals surface area contributed by atoms with Crippen LogP contribution in [0.1, 0.15) is 18.4 Å². The van der Waals surface area contributed by atoms with Crippen molar-refractivity contribution >= 4 is 12.2 Å². The lowest BCUT2D eigenvalue weighted by atomic mass is 10.0. The zero-order valence-corrected chi connectivity index (χ0v) is 10.1. The van der Waals surface area contributed by atoms with Crippen LogP contribution in [0.2, 0.25) is 0 Å². The molecule has 0 unspecified atom stereocenters. The van der Waals surface area contributed by atoms with Crippen LogP contribution >= 0.6 is 0 Å². The highest BCUT2D eigenvalue weighted by atomic mass is 16.5. The number of carbonyl (C=O) groups is 1. The Kier molecular flexibility index (Phi) is 3.81. The second kappa shape index (κ2) is 5.53. The Hall–Kier alpha value is -1.77. The maximum absolute atomic E-state index is 11.3. The Bertz CT molecular complexity index is 401. The number of likely N-dealkylation sites (tertiary alicyclic amines) is 1. The van der Waals surface area contributed by atoms with Gasteiger partial charge in [-0.1, -0.05) is 42.0 Å². The van der Waals surface area contributed by atoms with Crippen LogP contribution in [0.15, 0.2) is 35.9 Å². The third-order valence-corrected chi connectivity index (χ3v) is 3.01. The quantitative estimate of drug-likeness (QED) is 0.743. The van der Waals surface area contributed by atoms with E-state index in [1.807, 2.05) is 18.2 Å². The summed E-state index contributed by atoms with van der Waals surface area (Å²) >= 11 is 0. The molecule has 1 heterocycles. The molecule has 1 saturated heterocycles. The number of hydrogen-bond donors (Lipinski definition) is 0. The van der Waals surface area contributed by atoms with E-state index < -0.39 is 0 Å². The van der Waals surface area contributed by atoms with Crippen LogP contribution in [0.25, 0.3) is 6.08 Å². The zero-order chi connectivity index (χ0) is 12.1. The monoisotopic (exact) mass is 231 g/mol. The van der Waals surface area contributed by atoms with Crippen LogP contribution in [-0.4, -0.2) is 31.2 Å². The van der Waals surface area contributed by atoms with E-state index in [-0.39, 0.29) is 6.09 Å². The Balaban J connectivity index is 1.95. The molecular weight excluding hydrogens is 214 g/mol.